The molecule has 1 saturated heterocycles. The second kappa shape index (κ2) is 8.03. The van der Waals surface area contributed by atoms with Crippen LogP contribution in [0, 0.1) is 5.92 Å². The Morgan fingerprint density at radius 1 is 1.24 bits per heavy atom. The molecule has 0 spiro atoms. The molecule has 1 heterocycles. The molecule has 4 nitrogen and oxygen atoms in total. The van der Waals surface area contributed by atoms with E-state index in [9.17, 15) is 0 Å². The lowest BCUT2D eigenvalue weighted by Crippen LogP contribution is -2.53. The summed E-state index contributed by atoms with van der Waals surface area (Å²) >= 11 is 0. The molecule has 3 N–H and O–H groups in total. The van der Waals surface area contributed by atoms with Gasteiger partial charge in [0.15, 0.2) is 0 Å². The Kier molecular flexibility index (Phi) is 7.04. The SMILES string of the molecule is CCCC(CN)N1CCN(CC(C)CO)CC1. The maximum Gasteiger partial charge on any atom is 0.0468 e. The van der Waals surface area contributed by atoms with E-state index in [1.54, 1.807) is 0 Å². The van der Waals surface area contributed by atoms with Crippen LogP contribution in [0.4, 0.5) is 0 Å². The lowest BCUT2D eigenvalue weighted by molar-refractivity contribution is 0.0779. The zero-order valence-electron chi connectivity index (χ0n) is 11.4. The number of hydrogen-bond acceptors (Lipinski definition) is 4. The number of nitrogens with zero attached hydrogens (tertiary/aromatic N) is 2. The van der Waals surface area contributed by atoms with Crippen molar-refractivity contribution in [2.75, 3.05) is 45.9 Å². The van der Waals surface area contributed by atoms with Gasteiger partial charge in [0.05, 0.1) is 0 Å². The molecule has 0 aromatic heterocycles. The second-order valence-corrected chi connectivity index (χ2v) is 5.30. The minimum Gasteiger partial charge on any atom is -0.396 e. The molecule has 0 bridgehead atoms. The first kappa shape index (κ1) is 14.9. The van der Waals surface area contributed by atoms with Crippen molar-refractivity contribution < 1.29 is 5.11 Å². The summed E-state index contributed by atoms with van der Waals surface area (Å²) in [6, 6.07) is 0.567. The van der Waals surface area contributed by atoms with Crippen LogP contribution in [0.5, 0.6) is 0 Å². The van der Waals surface area contributed by atoms with Crippen molar-refractivity contribution >= 4 is 0 Å². The van der Waals surface area contributed by atoms with Gasteiger partial charge in [-0.05, 0) is 12.3 Å². The highest BCUT2D eigenvalue weighted by Crippen LogP contribution is 2.11. The van der Waals surface area contributed by atoms with Gasteiger partial charge in [-0.3, -0.25) is 4.90 Å². The van der Waals surface area contributed by atoms with Gasteiger partial charge in [-0.25, -0.2) is 0 Å². The van der Waals surface area contributed by atoms with Crippen molar-refractivity contribution in [3.8, 4) is 0 Å². The zero-order valence-corrected chi connectivity index (χ0v) is 11.4. The summed E-state index contributed by atoms with van der Waals surface area (Å²) in [5.74, 6) is 0.391. The number of aliphatic hydroxyl groups excluding tert-OH is 1. The summed E-state index contributed by atoms with van der Waals surface area (Å²) in [6.07, 6.45) is 2.42. The molecule has 0 radical (unpaired) electrons. The summed E-state index contributed by atoms with van der Waals surface area (Å²) < 4.78 is 0. The third kappa shape index (κ3) is 4.92. The first-order chi connectivity index (χ1) is 8.21. The van der Waals surface area contributed by atoms with Crippen LogP contribution in [-0.4, -0.2) is 66.8 Å². The van der Waals surface area contributed by atoms with Crippen LogP contribution in [0.3, 0.4) is 0 Å². The molecule has 2 atom stereocenters. The fourth-order valence-corrected chi connectivity index (χ4v) is 2.59. The van der Waals surface area contributed by atoms with Gasteiger partial charge >= 0.3 is 0 Å². The van der Waals surface area contributed by atoms with Crippen LogP contribution in [0.2, 0.25) is 0 Å². The van der Waals surface area contributed by atoms with Gasteiger partial charge in [0.1, 0.15) is 0 Å². The molecule has 1 aliphatic rings. The molecule has 4 heteroatoms. The minimum atomic E-state index is 0.293. The Morgan fingerprint density at radius 2 is 1.88 bits per heavy atom. The molecule has 0 aromatic rings. The minimum absolute atomic E-state index is 0.293. The number of hydrogen-bond donors (Lipinski definition) is 2. The van der Waals surface area contributed by atoms with E-state index in [1.807, 2.05) is 0 Å². The Balaban J connectivity index is 2.29. The maximum atomic E-state index is 9.06. The molecule has 0 saturated carbocycles. The normalized spacial score (nSPS) is 22.6. The van der Waals surface area contributed by atoms with Crippen molar-refractivity contribution in [3.05, 3.63) is 0 Å². The van der Waals surface area contributed by atoms with Gasteiger partial charge in [0.2, 0.25) is 0 Å². The molecule has 0 aliphatic carbocycles. The van der Waals surface area contributed by atoms with Gasteiger partial charge in [0, 0.05) is 51.9 Å². The first-order valence-corrected chi connectivity index (χ1v) is 6.98. The lowest BCUT2D eigenvalue weighted by atomic mass is 10.1. The number of piperazine rings is 1. The standard InChI is InChI=1S/C13H29N3O/c1-3-4-13(9-14)16-7-5-15(6-8-16)10-12(2)11-17/h12-13,17H,3-11,14H2,1-2H3. The van der Waals surface area contributed by atoms with E-state index in [1.165, 1.54) is 12.8 Å². The second-order valence-electron chi connectivity index (χ2n) is 5.30. The number of aliphatic hydroxyl groups is 1. The van der Waals surface area contributed by atoms with E-state index >= 15 is 0 Å². The first-order valence-electron chi connectivity index (χ1n) is 6.98. The van der Waals surface area contributed by atoms with E-state index in [2.05, 4.69) is 23.6 Å². The third-order valence-electron chi connectivity index (χ3n) is 3.70. The predicted molar refractivity (Wildman–Crippen MR) is 72.0 cm³/mol. The van der Waals surface area contributed by atoms with Crippen molar-refractivity contribution in [3.63, 3.8) is 0 Å². The smallest absolute Gasteiger partial charge is 0.0468 e. The highest BCUT2D eigenvalue weighted by Gasteiger charge is 2.22. The van der Waals surface area contributed by atoms with E-state index in [0.29, 0.717) is 18.6 Å². The molecule has 102 valence electrons. The van der Waals surface area contributed by atoms with Crippen LogP contribution in [0.25, 0.3) is 0 Å². The molecule has 1 aliphatic heterocycles. The fraction of sp³-hybridized carbons (Fsp3) is 1.00. The van der Waals surface area contributed by atoms with Crippen LogP contribution >= 0.6 is 0 Å². The Bertz CT molecular complexity index is 193. The summed E-state index contributed by atoms with van der Waals surface area (Å²) in [7, 11) is 0. The van der Waals surface area contributed by atoms with E-state index < -0.39 is 0 Å². The maximum absolute atomic E-state index is 9.06. The third-order valence-corrected chi connectivity index (χ3v) is 3.70. The van der Waals surface area contributed by atoms with Crippen LogP contribution in [-0.2, 0) is 0 Å². The average Bonchev–Trinajstić information content (AvgIpc) is 2.37. The monoisotopic (exact) mass is 243 g/mol. The molecule has 2 unspecified atom stereocenters. The highest BCUT2D eigenvalue weighted by atomic mass is 16.3. The molecule has 17 heavy (non-hydrogen) atoms. The van der Waals surface area contributed by atoms with Crippen LogP contribution in [0.15, 0.2) is 0 Å². The number of rotatable bonds is 7. The van der Waals surface area contributed by atoms with Crippen molar-refractivity contribution in [1.29, 1.82) is 0 Å². The van der Waals surface area contributed by atoms with E-state index in [0.717, 1.165) is 39.3 Å². The molecule has 0 amide bonds. The molecule has 0 aromatic carbocycles. The fourth-order valence-electron chi connectivity index (χ4n) is 2.59. The molecule has 1 fully saturated rings. The van der Waals surface area contributed by atoms with Crippen molar-refractivity contribution in [2.45, 2.75) is 32.7 Å². The van der Waals surface area contributed by atoms with Crippen molar-refractivity contribution in [1.82, 2.24) is 9.80 Å². The van der Waals surface area contributed by atoms with Gasteiger partial charge in [-0.1, -0.05) is 20.3 Å². The largest absolute Gasteiger partial charge is 0.396 e. The quantitative estimate of drug-likeness (QED) is 0.678. The van der Waals surface area contributed by atoms with Crippen molar-refractivity contribution in [2.24, 2.45) is 11.7 Å². The van der Waals surface area contributed by atoms with E-state index in [-0.39, 0.29) is 0 Å². The van der Waals surface area contributed by atoms with E-state index in [4.69, 9.17) is 10.8 Å². The van der Waals surface area contributed by atoms with Gasteiger partial charge in [0.25, 0.3) is 0 Å². The average molecular weight is 243 g/mol. The molecular weight excluding hydrogens is 214 g/mol. The highest BCUT2D eigenvalue weighted by molar-refractivity contribution is 4.79. The Labute approximate surface area is 106 Å². The Morgan fingerprint density at radius 3 is 2.35 bits per heavy atom. The summed E-state index contributed by atoms with van der Waals surface area (Å²) in [5, 5.41) is 9.06. The molecule has 1 rings (SSSR count). The van der Waals surface area contributed by atoms with Gasteiger partial charge in [-0.2, -0.15) is 0 Å². The predicted octanol–water partition coefficient (Wildman–Crippen LogP) is 0.360. The lowest BCUT2D eigenvalue weighted by Gasteiger charge is -2.39. The molecular formula is C13H29N3O. The summed E-state index contributed by atoms with van der Waals surface area (Å²) in [5.41, 5.74) is 5.84. The summed E-state index contributed by atoms with van der Waals surface area (Å²) in [4.78, 5) is 4.99. The number of nitrogens with two attached hydrogens (primary N) is 1. The topological polar surface area (TPSA) is 52.7 Å². The van der Waals surface area contributed by atoms with Crippen LogP contribution < -0.4 is 5.73 Å². The zero-order chi connectivity index (χ0) is 12.7. The van der Waals surface area contributed by atoms with Gasteiger partial charge in [-0.15, -0.1) is 0 Å². The summed E-state index contributed by atoms with van der Waals surface area (Å²) in [6.45, 7) is 10.9. The van der Waals surface area contributed by atoms with Crippen LogP contribution in [0.1, 0.15) is 26.7 Å². The Hall–Kier alpha value is -0.160. The van der Waals surface area contributed by atoms with Gasteiger partial charge < -0.3 is 15.7 Å².